The van der Waals surface area contributed by atoms with Crippen LogP contribution in [0, 0.1) is 5.82 Å². The normalized spacial score (nSPS) is 24.6. The molecular weight excluding hydrogens is 285 g/mol. The minimum absolute atomic E-state index is 0.209. The van der Waals surface area contributed by atoms with Crippen molar-refractivity contribution in [1.82, 2.24) is 0 Å². The van der Waals surface area contributed by atoms with E-state index >= 15 is 0 Å². The maximum absolute atomic E-state index is 13.7. The molecule has 4 heteroatoms. The lowest BCUT2D eigenvalue weighted by Gasteiger charge is -2.30. The third kappa shape index (κ3) is 3.19. The monoisotopic (exact) mass is 301 g/mol. The van der Waals surface area contributed by atoms with Crippen LogP contribution >= 0.6 is 15.9 Å². The average molecular weight is 302 g/mol. The van der Waals surface area contributed by atoms with E-state index in [2.05, 4.69) is 28.2 Å². The van der Waals surface area contributed by atoms with Crippen molar-refractivity contribution in [3.05, 3.63) is 28.5 Å². The van der Waals surface area contributed by atoms with Crippen LogP contribution < -0.4 is 5.32 Å². The second kappa shape index (κ2) is 5.83. The van der Waals surface area contributed by atoms with E-state index in [9.17, 15) is 4.39 Å². The lowest BCUT2D eigenvalue weighted by atomic mass is 10.0. The molecule has 0 radical (unpaired) electrons. The first-order chi connectivity index (χ1) is 8.20. The smallest absolute Gasteiger partial charge is 0.147 e. The molecule has 2 rings (SSSR count). The Morgan fingerprint density at radius 1 is 1.53 bits per heavy atom. The van der Waals surface area contributed by atoms with Gasteiger partial charge in [0.25, 0.3) is 0 Å². The van der Waals surface area contributed by atoms with Crippen LogP contribution in [-0.2, 0) is 4.74 Å². The first-order valence-electron chi connectivity index (χ1n) is 6.03. The summed E-state index contributed by atoms with van der Waals surface area (Å²) >= 11 is 3.37. The number of hydrogen-bond acceptors (Lipinski definition) is 2. The third-order valence-corrected chi connectivity index (χ3v) is 3.79. The Morgan fingerprint density at radius 2 is 2.35 bits per heavy atom. The molecule has 1 aromatic carbocycles. The Hall–Kier alpha value is -0.610. The molecule has 1 N–H and O–H groups in total. The van der Waals surface area contributed by atoms with Crippen LogP contribution in [0.5, 0.6) is 0 Å². The molecular formula is C13H17BrFNO. The highest BCUT2D eigenvalue weighted by molar-refractivity contribution is 9.10. The van der Waals surface area contributed by atoms with Crippen molar-refractivity contribution in [1.29, 1.82) is 0 Å². The number of rotatable bonds is 3. The molecule has 1 aromatic rings. The predicted octanol–water partition coefficient (Wildman–Crippen LogP) is 3.96. The number of nitrogens with one attached hydrogen (secondary N) is 1. The lowest BCUT2D eigenvalue weighted by molar-refractivity contribution is 0.00920. The third-order valence-electron chi connectivity index (χ3n) is 3.13. The van der Waals surface area contributed by atoms with Gasteiger partial charge in [-0.2, -0.15) is 0 Å². The molecule has 1 heterocycles. The molecule has 2 nitrogen and oxygen atoms in total. The van der Waals surface area contributed by atoms with Crippen molar-refractivity contribution in [2.75, 3.05) is 11.9 Å². The molecule has 1 aliphatic heterocycles. The molecule has 0 aliphatic carbocycles. The van der Waals surface area contributed by atoms with Gasteiger partial charge in [-0.15, -0.1) is 0 Å². The Labute approximate surface area is 110 Å². The largest absolute Gasteiger partial charge is 0.379 e. The molecule has 94 valence electrons. The fraction of sp³-hybridized carbons (Fsp3) is 0.538. The SMILES string of the molecule is CCC1CC(Nc2c(F)cccc2Br)CCO1. The van der Waals surface area contributed by atoms with E-state index in [1.165, 1.54) is 6.07 Å². The lowest BCUT2D eigenvalue weighted by Crippen LogP contribution is -2.34. The average Bonchev–Trinajstić information content (AvgIpc) is 2.34. The van der Waals surface area contributed by atoms with E-state index in [4.69, 9.17) is 4.74 Å². The summed E-state index contributed by atoms with van der Waals surface area (Å²) in [6, 6.07) is 5.32. The van der Waals surface area contributed by atoms with E-state index in [0.29, 0.717) is 17.8 Å². The Bertz CT molecular complexity index is 365. The minimum Gasteiger partial charge on any atom is -0.379 e. The maximum atomic E-state index is 13.7. The van der Waals surface area contributed by atoms with Gasteiger partial charge >= 0.3 is 0 Å². The van der Waals surface area contributed by atoms with Crippen molar-refractivity contribution < 1.29 is 9.13 Å². The Balaban J connectivity index is 2.05. The van der Waals surface area contributed by atoms with E-state index in [1.807, 2.05) is 6.07 Å². The van der Waals surface area contributed by atoms with Gasteiger partial charge in [-0.1, -0.05) is 13.0 Å². The van der Waals surface area contributed by atoms with Crippen molar-refractivity contribution in [2.24, 2.45) is 0 Å². The van der Waals surface area contributed by atoms with Crippen molar-refractivity contribution in [3.8, 4) is 0 Å². The highest BCUT2D eigenvalue weighted by atomic mass is 79.9. The van der Waals surface area contributed by atoms with Crippen LogP contribution in [0.25, 0.3) is 0 Å². The van der Waals surface area contributed by atoms with Crippen molar-refractivity contribution in [2.45, 2.75) is 38.3 Å². The number of ether oxygens (including phenoxy) is 1. The summed E-state index contributed by atoms with van der Waals surface area (Å²) in [5.41, 5.74) is 0.564. The molecule has 0 saturated carbocycles. The zero-order valence-electron chi connectivity index (χ0n) is 9.88. The minimum atomic E-state index is -0.209. The maximum Gasteiger partial charge on any atom is 0.147 e. The number of hydrogen-bond donors (Lipinski definition) is 1. The fourth-order valence-electron chi connectivity index (χ4n) is 2.14. The van der Waals surface area contributed by atoms with E-state index in [1.54, 1.807) is 6.07 Å². The topological polar surface area (TPSA) is 21.3 Å². The van der Waals surface area contributed by atoms with Gasteiger partial charge in [0, 0.05) is 17.1 Å². The molecule has 0 spiro atoms. The number of halogens is 2. The summed E-state index contributed by atoms with van der Waals surface area (Å²) in [5.74, 6) is -0.209. The molecule has 17 heavy (non-hydrogen) atoms. The summed E-state index contributed by atoms with van der Waals surface area (Å²) in [7, 11) is 0. The summed E-state index contributed by atoms with van der Waals surface area (Å²) < 4.78 is 20.0. The predicted molar refractivity (Wildman–Crippen MR) is 70.8 cm³/mol. The molecule has 0 amide bonds. The van der Waals surface area contributed by atoms with Gasteiger partial charge in [0.15, 0.2) is 0 Å². The van der Waals surface area contributed by atoms with E-state index in [-0.39, 0.29) is 5.82 Å². The highest BCUT2D eigenvalue weighted by Gasteiger charge is 2.22. The van der Waals surface area contributed by atoms with Crippen molar-refractivity contribution in [3.63, 3.8) is 0 Å². The number of anilines is 1. The summed E-state index contributed by atoms with van der Waals surface area (Å²) in [6.07, 6.45) is 3.18. The van der Waals surface area contributed by atoms with Crippen LogP contribution in [-0.4, -0.2) is 18.8 Å². The molecule has 2 atom stereocenters. The zero-order valence-corrected chi connectivity index (χ0v) is 11.5. The van der Waals surface area contributed by atoms with Gasteiger partial charge in [-0.05, 0) is 47.3 Å². The quantitative estimate of drug-likeness (QED) is 0.912. The molecule has 1 fully saturated rings. The number of para-hydroxylation sites is 1. The van der Waals surface area contributed by atoms with Crippen LogP contribution in [0.4, 0.5) is 10.1 Å². The van der Waals surface area contributed by atoms with Gasteiger partial charge in [-0.25, -0.2) is 4.39 Å². The van der Waals surface area contributed by atoms with Gasteiger partial charge < -0.3 is 10.1 Å². The molecule has 1 saturated heterocycles. The summed E-state index contributed by atoms with van der Waals surface area (Å²) in [5, 5.41) is 3.28. The van der Waals surface area contributed by atoms with Crippen molar-refractivity contribution >= 4 is 21.6 Å². The summed E-state index contributed by atoms with van der Waals surface area (Å²) in [4.78, 5) is 0. The van der Waals surface area contributed by atoms with E-state index < -0.39 is 0 Å². The standard InChI is InChI=1S/C13H17BrFNO/c1-2-10-8-9(6-7-17-10)16-13-11(14)4-3-5-12(13)15/h3-5,9-10,16H,2,6-8H2,1H3. The van der Waals surface area contributed by atoms with Crippen LogP contribution in [0.1, 0.15) is 26.2 Å². The van der Waals surface area contributed by atoms with Crippen LogP contribution in [0.3, 0.4) is 0 Å². The second-order valence-corrected chi connectivity index (χ2v) is 5.22. The van der Waals surface area contributed by atoms with Gasteiger partial charge in [0.2, 0.25) is 0 Å². The number of benzene rings is 1. The Kier molecular flexibility index (Phi) is 4.40. The van der Waals surface area contributed by atoms with Gasteiger partial charge in [0.05, 0.1) is 11.8 Å². The molecule has 0 aromatic heterocycles. The van der Waals surface area contributed by atoms with Gasteiger partial charge in [-0.3, -0.25) is 0 Å². The second-order valence-electron chi connectivity index (χ2n) is 4.36. The van der Waals surface area contributed by atoms with Crippen LogP contribution in [0.2, 0.25) is 0 Å². The fourth-order valence-corrected chi connectivity index (χ4v) is 2.59. The van der Waals surface area contributed by atoms with Gasteiger partial charge in [0.1, 0.15) is 5.82 Å². The first kappa shape index (κ1) is 12.8. The highest BCUT2D eigenvalue weighted by Crippen LogP contribution is 2.28. The molecule has 2 unspecified atom stereocenters. The van der Waals surface area contributed by atoms with E-state index in [0.717, 1.165) is 30.3 Å². The first-order valence-corrected chi connectivity index (χ1v) is 6.82. The molecule has 1 aliphatic rings. The summed E-state index contributed by atoms with van der Waals surface area (Å²) in [6.45, 7) is 2.87. The Morgan fingerprint density at radius 3 is 3.06 bits per heavy atom. The zero-order chi connectivity index (χ0) is 12.3. The molecule has 0 bridgehead atoms. The van der Waals surface area contributed by atoms with Crippen LogP contribution in [0.15, 0.2) is 22.7 Å².